The van der Waals surface area contributed by atoms with E-state index in [4.69, 9.17) is 11.6 Å². The molecular formula is C14H15ClN4O2S. The highest BCUT2D eigenvalue weighted by Gasteiger charge is 2.22. The predicted octanol–water partition coefficient (Wildman–Crippen LogP) is 2.29. The molecule has 2 amide bonds. The molecule has 0 fully saturated rings. The van der Waals surface area contributed by atoms with Crippen molar-refractivity contribution in [2.45, 2.75) is 6.54 Å². The molecule has 1 N–H and O–H groups in total. The molecule has 0 aliphatic carbocycles. The Morgan fingerprint density at radius 2 is 2.32 bits per heavy atom. The number of amides is 2. The van der Waals surface area contributed by atoms with Crippen molar-refractivity contribution < 1.29 is 9.59 Å². The zero-order valence-electron chi connectivity index (χ0n) is 12.0. The average molecular weight is 339 g/mol. The zero-order valence-corrected chi connectivity index (χ0v) is 13.5. The largest absolute Gasteiger partial charge is 0.326 e. The van der Waals surface area contributed by atoms with E-state index in [2.05, 4.69) is 17.0 Å². The van der Waals surface area contributed by atoms with Crippen molar-refractivity contribution >= 4 is 40.4 Å². The number of hydrogen-bond acceptors (Lipinski definition) is 4. The van der Waals surface area contributed by atoms with Crippen molar-refractivity contribution in [2.75, 3.05) is 11.9 Å². The summed E-state index contributed by atoms with van der Waals surface area (Å²) in [6, 6.07) is 3.59. The minimum Gasteiger partial charge on any atom is -0.326 e. The van der Waals surface area contributed by atoms with Crippen LogP contribution >= 0.6 is 22.9 Å². The molecule has 8 heteroatoms. The number of nitrogens with one attached hydrogen (secondary N) is 1. The van der Waals surface area contributed by atoms with Crippen molar-refractivity contribution in [2.24, 2.45) is 7.05 Å². The van der Waals surface area contributed by atoms with Crippen LogP contribution in [0.1, 0.15) is 4.88 Å². The van der Waals surface area contributed by atoms with Crippen LogP contribution in [0.3, 0.4) is 0 Å². The molecule has 0 atom stereocenters. The van der Waals surface area contributed by atoms with E-state index >= 15 is 0 Å². The summed E-state index contributed by atoms with van der Waals surface area (Å²) < 4.78 is 2.18. The summed E-state index contributed by atoms with van der Waals surface area (Å²) >= 11 is 7.25. The quantitative estimate of drug-likeness (QED) is 0.672. The summed E-state index contributed by atoms with van der Waals surface area (Å²) in [5.74, 6) is -1.34. The summed E-state index contributed by atoms with van der Waals surface area (Å²) in [4.78, 5) is 26.6. The molecule has 2 rings (SSSR count). The van der Waals surface area contributed by atoms with Crippen molar-refractivity contribution in [3.8, 4) is 0 Å². The highest BCUT2D eigenvalue weighted by molar-refractivity contribution is 7.16. The Morgan fingerprint density at radius 3 is 2.86 bits per heavy atom. The van der Waals surface area contributed by atoms with Gasteiger partial charge < -0.3 is 10.2 Å². The van der Waals surface area contributed by atoms with Crippen molar-refractivity contribution in [1.29, 1.82) is 0 Å². The number of thiophene rings is 1. The monoisotopic (exact) mass is 338 g/mol. The van der Waals surface area contributed by atoms with Gasteiger partial charge in [-0.05, 0) is 12.1 Å². The molecular weight excluding hydrogens is 324 g/mol. The third-order valence-electron chi connectivity index (χ3n) is 2.77. The van der Waals surface area contributed by atoms with Gasteiger partial charge in [0.1, 0.15) is 0 Å². The molecule has 2 aromatic heterocycles. The predicted molar refractivity (Wildman–Crippen MR) is 86.8 cm³/mol. The van der Waals surface area contributed by atoms with E-state index in [0.717, 1.165) is 4.88 Å². The van der Waals surface area contributed by atoms with Crippen molar-refractivity contribution in [3.05, 3.63) is 46.4 Å². The van der Waals surface area contributed by atoms with Crippen LogP contribution in [0.5, 0.6) is 0 Å². The third kappa shape index (κ3) is 4.19. The van der Waals surface area contributed by atoms with Gasteiger partial charge in [0.15, 0.2) is 0 Å². The average Bonchev–Trinajstić information content (AvgIpc) is 3.06. The first-order valence-corrected chi connectivity index (χ1v) is 7.63. The molecule has 0 unspecified atom stereocenters. The number of anilines is 1. The minimum absolute atomic E-state index is 0.273. The van der Waals surface area contributed by atoms with E-state index in [1.54, 1.807) is 25.4 Å². The summed E-state index contributed by atoms with van der Waals surface area (Å²) in [5.41, 5.74) is 0.471. The van der Waals surface area contributed by atoms with Gasteiger partial charge >= 0.3 is 11.8 Å². The Hall–Kier alpha value is -2.12. The number of rotatable bonds is 5. The number of hydrogen-bond donors (Lipinski definition) is 1. The molecule has 0 aliphatic heterocycles. The van der Waals surface area contributed by atoms with E-state index in [9.17, 15) is 9.59 Å². The molecule has 0 saturated carbocycles. The summed E-state index contributed by atoms with van der Waals surface area (Å²) in [7, 11) is 1.72. The molecule has 6 nitrogen and oxygen atoms in total. The maximum atomic E-state index is 12.3. The van der Waals surface area contributed by atoms with E-state index in [1.165, 1.54) is 27.1 Å². The fourth-order valence-electron chi connectivity index (χ4n) is 1.81. The fourth-order valence-corrected chi connectivity index (χ4v) is 2.92. The van der Waals surface area contributed by atoms with Crippen LogP contribution in [0.2, 0.25) is 4.34 Å². The van der Waals surface area contributed by atoms with Crippen LogP contribution in [0.15, 0.2) is 37.2 Å². The molecule has 116 valence electrons. The number of aryl methyl sites for hydroxylation is 1. The molecule has 2 aromatic rings. The van der Waals surface area contributed by atoms with Gasteiger partial charge in [0.05, 0.1) is 22.8 Å². The summed E-state index contributed by atoms with van der Waals surface area (Å²) in [5, 5.41) is 6.45. The van der Waals surface area contributed by atoms with Crippen LogP contribution in [0, 0.1) is 0 Å². The maximum absolute atomic E-state index is 12.3. The Bertz CT molecular complexity index is 695. The first kappa shape index (κ1) is 16.3. The molecule has 0 radical (unpaired) electrons. The first-order valence-electron chi connectivity index (χ1n) is 6.43. The lowest BCUT2D eigenvalue weighted by atomic mass is 10.3. The zero-order chi connectivity index (χ0) is 16.1. The molecule has 0 bridgehead atoms. The SMILES string of the molecule is C=CCN(Cc1ccc(Cl)s1)C(=O)C(=O)Nc1cnn(C)c1. The summed E-state index contributed by atoms with van der Waals surface area (Å²) in [6.45, 7) is 4.20. The first-order chi connectivity index (χ1) is 10.5. The molecule has 2 heterocycles. The Labute approximate surface area is 137 Å². The Morgan fingerprint density at radius 1 is 1.55 bits per heavy atom. The number of carbonyl (C=O) groups is 2. The highest BCUT2D eigenvalue weighted by atomic mass is 35.5. The van der Waals surface area contributed by atoms with Gasteiger partial charge in [-0.3, -0.25) is 14.3 Å². The number of nitrogens with zero attached hydrogens (tertiary/aromatic N) is 3. The van der Waals surface area contributed by atoms with Gasteiger partial charge in [-0.25, -0.2) is 0 Å². The van der Waals surface area contributed by atoms with Crippen LogP contribution in [-0.4, -0.2) is 33.0 Å². The highest BCUT2D eigenvalue weighted by Crippen LogP contribution is 2.22. The lowest BCUT2D eigenvalue weighted by molar-refractivity contribution is -0.143. The van der Waals surface area contributed by atoms with E-state index in [-0.39, 0.29) is 6.54 Å². The molecule has 22 heavy (non-hydrogen) atoms. The smallest absolute Gasteiger partial charge is 0.314 e. The number of carbonyl (C=O) groups excluding carboxylic acids is 2. The number of aromatic nitrogens is 2. The van der Waals surface area contributed by atoms with Gasteiger partial charge in [0.2, 0.25) is 0 Å². The minimum atomic E-state index is -0.711. The van der Waals surface area contributed by atoms with Crippen LogP contribution in [-0.2, 0) is 23.2 Å². The second-order valence-electron chi connectivity index (χ2n) is 4.54. The second-order valence-corrected chi connectivity index (χ2v) is 6.34. The van der Waals surface area contributed by atoms with E-state index in [0.29, 0.717) is 16.6 Å². The van der Waals surface area contributed by atoms with Crippen LogP contribution in [0.4, 0.5) is 5.69 Å². The number of halogens is 1. The molecule has 0 saturated heterocycles. The lowest BCUT2D eigenvalue weighted by Crippen LogP contribution is -2.39. The summed E-state index contributed by atoms with van der Waals surface area (Å²) in [6.07, 6.45) is 4.66. The fraction of sp³-hybridized carbons (Fsp3) is 0.214. The van der Waals surface area contributed by atoms with Gasteiger partial charge in [-0.15, -0.1) is 17.9 Å². The van der Waals surface area contributed by atoms with Gasteiger partial charge in [0, 0.05) is 24.7 Å². The van der Waals surface area contributed by atoms with Gasteiger partial charge in [-0.2, -0.15) is 5.10 Å². The Balaban J connectivity index is 2.04. The van der Waals surface area contributed by atoms with Gasteiger partial charge in [0.25, 0.3) is 0 Å². The third-order valence-corrected chi connectivity index (χ3v) is 3.99. The Kier molecular flexibility index (Phi) is 5.35. The van der Waals surface area contributed by atoms with Crippen LogP contribution < -0.4 is 5.32 Å². The van der Waals surface area contributed by atoms with Crippen molar-refractivity contribution in [1.82, 2.24) is 14.7 Å². The van der Waals surface area contributed by atoms with E-state index in [1.807, 2.05) is 6.07 Å². The van der Waals surface area contributed by atoms with Crippen molar-refractivity contribution in [3.63, 3.8) is 0 Å². The molecule has 0 aliphatic rings. The topological polar surface area (TPSA) is 67.2 Å². The van der Waals surface area contributed by atoms with Gasteiger partial charge in [-0.1, -0.05) is 17.7 Å². The van der Waals surface area contributed by atoms with E-state index < -0.39 is 11.8 Å². The maximum Gasteiger partial charge on any atom is 0.314 e. The second kappa shape index (κ2) is 7.24. The van der Waals surface area contributed by atoms with Crippen LogP contribution in [0.25, 0.3) is 0 Å². The molecule has 0 spiro atoms. The normalized spacial score (nSPS) is 10.3. The molecule has 0 aromatic carbocycles. The standard InChI is InChI=1S/C14H15ClN4O2S/c1-3-6-19(9-11-4-5-12(15)22-11)14(21)13(20)17-10-7-16-18(2)8-10/h3-5,7-8H,1,6,9H2,2H3,(H,17,20). The lowest BCUT2D eigenvalue weighted by Gasteiger charge is -2.19.